The molecule has 6 heteroatoms. The van der Waals surface area contributed by atoms with Crippen molar-refractivity contribution in [2.24, 2.45) is 4.99 Å². The number of hydrogen-bond acceptors (Lipinski definition) is 3. The highest BCUT2D eigenvalue weighted by molar-refractivity contribution is 8.18. The molecule has 0 bridgehead atoms. The highest BCUT2D eigenvalue weighted by Crippen LogP contribution is 2.28. The maximum Gasteiger partial charge on any atom is 0.264 e. The molecule has 0 spiro atoms. The van der Waals surface area contributed by atoms with Gasteiger partial charge in [0, 0.05) is 11.4 Å². The van der Waals surface area contributed by atoms with E-state index in [4.69, 9.17) is 0 Å². The van der Waals surface area contributed by atoms with Gasteiger partial charge in [0.1, 0.15) is 5.82 Å². The number of halogens is 1. The fraction of sp³-hybridized carbons (Fsp3) is 0. The predicted octanol–water partition coefficient (Wildman–Crippen LogP) is 4.71. The van der Waals surface area contributed by atoms with E-state index in [2.05, 4.69) is 15.3 Å². The first kappa shape index (κ1) is 16.4. The molecule has 3 aromatic rings. The van der Waals surface area contributed by atoms with Gasteiger partial charge in [-0.15, -0.1) is 0 Å². The molecule has 26 heavy (non-hydrogen) atoms. The van der Waals surface area contributed by atoms with Crippen LogP contribution in [0, 0.1) is 5.82 Å². The molecule has 2 heterocycles. The first-order valence-corrected chi connectivity index (χ1v) is 8.79. The Morgan fingerprint density at radius 2 is 1.73 bits per heavy atom. The first-order chi connectivity index (χ1) is 12.7. The van der Waals surface area contributed by atoms with Gasteiger partial charge in [0.05, 0.1) is 10.6 Å². The quantitative estimate of drug-likeness (QED) is 0.662. The summed E-state index contributed by atoms with van der Waals surface area (Å²) in [6.07, 6.45) is 1.79. The van der Waals surface area contributed by atoms with Crippen LogP contribution < -0.4 is 5.32 Å². The normalized spacial score (nSPS) is 17.0. The summed E-state index contributed by atoms with van der Waals surface area (Å²) >= 11 is 1.25. The van der Waals surface area contributed by atoms with Gasteiger partial charge in [0.15, 0.2) is 5.17 Å². The second-order valence-electron chi connectivity index (χ2n) is 5.65. The van der Waals surface area contributed by atoms with Crippen molar-refractivity contribution in [2.75, 3.05) is 0 Å². The van der Waals surface area contributed by atoms with E-state index < -0.39 is 0 Å². The molecule has 2 aromatic carbocycles. The fourth-order valence-electron chi connectivity index (χ4n) is 2.54. The first-order valence-electron chi connectivity index (χ1n) is 7.97. The Kier molecular flexibility index (Phi) is 4.41. The van der Waals surface area contributed by atoms with Gasteiger partial charge >= 0.3 is 0 Å². The Morgan fingerprint density at radius 3 is 2.50 bits per heavy atom. The minimum Gasteiger partial charge on any atom is -0.355 e. The zero-order valence-electron chi connectivity index (χ0n) is 13.6. The van der Waals surface area contributed by atoms with E-state index in [1.807, 2.05) is 42.5 Å². The van der Waals surface area contributed by atoms with Gasteiger partial charge < -0.3 is 10.3 Å². The number of thioether (sulfide) groups is 1. The summed E-state index contributed by atoms with van der Waals surface area (Å²) in [6, 6.07) is 19.7. The third kappa shape index (κ3) is 3.60. The zero-order chi connectivity index (χ0) is 17.9. The van der Waals surface area contributed by atoms with Gasteiger partial charge in [0.25, 0.3) is 5.91 Å². The third-order valence-electron chi connectivity index (χ3n) is 3.79. The third-order valence-corrected chi connectivity index (χ3v) is 4.70. The molecule has 1 aliphatic heterocycles. The minimum absolute atomic E-state index is 0.202. The molecular formula is C20H14FN3OS. The molecule has 1 aliphatic rings. The van der Waals surface area contributed by atoms with Crippen LogP contribution in [0.1, 0.15) is 5.69 Å². The summed E-state index contributed by atoms with van der Waals surface area (Å²) in [4.78, 5) is 20.3. The number of hydrogen-bond donors (Lipinski definition) is 2. The Hall–Kier alpha value is -3.12. The Balaban J connectivity index is 1.54. The van der Waals surface area contributed by atoms with E-state index >= 15 is 0 Å². The van der Waals surface area contributed by atoms with Crippen molar-refractivity contribution in [3.8, 4) is 11.3 Å². The largest absolute Gasteiger partial charge is 0.355 e. The second-order valence-corrected chi connectivity index (χ2v) is 6.68. The van der Waals surface area contributed by atoms with Crippen molar-refractivity contribution >= 4 is 34.6 Å². The van der Waals surface area contributed by atoms with Crippen LogP contribution in [0.15, 0.2) is 76.6 Å². The lowest BCUT2D eigenvalue weighted by Gasteiger charge is -1.96. The molecule has 0 aliphatic carbocycles. The molecule has 0 saturated carbocycles. The van der Waals surface area contributed by atoms with Crippen LogP contribution in [0.5, 0.6) is 0 Å². The summed E-state index contributed by atoms with van der Waals surface area (Å²) in [6.45, 7) is 0. The van der Waals surface area contributed by atoms with E-state index in [-0.39, 0.29) is 11.7 Å². The van der Waals surface area contributed by atoms with Crippen molar-refractivity contribution in [3.63, 3.8) is 0 Å². The molecule has 0 radical (unpaired) electrons. The van der Waals surface area contributed by atoms with E-state index in [1.54, 1.807) is 18.2 Å². The van der Waals surface area contributed by atoms with Gasteiger partial charge in [-0.3, -0.25) is 4.79 Å². The number of aromatic nitrogens is 1. The number of carbonyl (C=O) groups is 1. The number of amidine groups is 1. The van der Waals surface area contributed by atoms with Gasteiger partial charge in [-0.1, -0.05) is 30.3 Å². The SMILES string of the molecule is O=C1NC(=Nc2ccc(F)cc2)S/C1=C\c1ccc(-c2ccccc2)[nH]1. The molecule has 0 unspecified atom stereocenters. The van der Waals surface area contributed by atoms with Gasteiger partial charge in [-0.2, -0.15) is 0 Å². The lowest BCUT2D eigenvalue weighted by Crippen LogP contribution is -2.19. The number of aliphatic imine (C=N–C) groups is 1. The van der Waals surface area contributed by atoms with E-state index in [0.717, 1.165) is 17.0 Å². The number of nitrogens with one attached hydrogen (secondary N) is 2. The van der Waals surface area contributed by atoms with Crippen LogP contribution in [0.2, 0.25) is 0 Å². The van der Waals surface area contributed by atoms with Crippen molar-refractivity contribution < 1.29 is 9.18 Å². The maximum absolute atomic E-state index is 13.0. The average Bonchev–Trinajstić information content (AvgIpc) is 3.25. The number of carbonyl (C=O) groups excluding carboxylic acids is 1. The number of H-pyrrole nitrogens is 1. The second kappa shape index (κ2) is 7.01. The molecule has 4 nitrogen and oxygen atoms in total. The topological polar surface area (TPSA) is 57.2 Å². The van der Waals surface area contributed by atoms with Crippen molar-refractivity contribution in [1.82, 2.24) is 10.3 Å². The van der Waals surface area contributed by atoms with Crippen LogP contribution in [-0.2, 0) is 4.79 Å². The number of rotatable bonds is 3. The molecule has 1 fully saturated rings. The maximum atomic E-state index is 13.0. The molecule has 0 atom stereocenters. The van der Waals surface area contributed by atoms with Gasteiger partial charge in [-0.25, -0.2) is 9.38 Å². The molecule has 4 rings (SSSR count). The predicted molar refractivity (Wildman–Crippen MR) is 103 cm³/mol. The average molecular weight is 363 g/mol. The van der Waals surface area contributed by atoms with Crippen LogP contribution >= 0.6 is 11.8 Å². The number of amides is 1. The lowest BCUT2D eigenvalue weighted by atomic mass is 10.2. The summed E-state index contributed by atoms with van der Waals surface area (Å²) < 4.78 is 13.0. The summed E-state index contributed by atoms with van der Waals surface area (Å²) in [5.41, 5.74) is 3.49. The Labute approximate surface area is 153 Å². The number of aromatic amines is 1. The van der Waals surface area contributed by atoms with Crippen LogP contribution in [0.25, 0.3) is 17.3 Å². The highest BCUT2D eigenvalue weighted by Gasteiger charge is 2.24. The minimum atomic E-state index is -0.321. The molecule has 2 N–H and O–H groups in total. The van der Waals surface area contributed by atoms with E-state index in [0.29, 0.717) is 15.8 Å². The fourth-order valence-corrected chi connectivity index (χ4v) is 3.37. The number of nitrogens with zero attached hydrogens (tertiary/aromatic N) is 1. The molecule has 1 aromatic heterocycles. The van der Waals surface area contributed by atoms with Gasteiger partial charge in [0.2, 0.25) is 0 Å². The molecule has 128 valence electrons. The molecule has 1 saturated heterocycles. The molecule has 1 amide bonds. The lowest BCUT2D eigenvalue weighted by molar-refractivity contribution is -0.115. The van der Waals surface area contributed by atoms with Crippen LogP contribution in [0.3, 0.4) is 0 Å². The smallest absolute Gasteiger partial charge is 0.264 e. The number of benzene rings is 2. The Morgan fingerprint density at radius 1 is 0.962 bits per heavy atom. The van der Waals surface area contributed by atoms with E-state index in [1.165, 1.54) is 23.9 Å². The standard InChI is InChI=1S/C20H14FN3OS/c21-14-6-8-15(9-7-14)23-20-24-19(25)18(26-20)12-16-10-11-17(22-16)13-4-2-1-3-5-13/h1-12,22H,(H,23,24,25)/b18-12-. The van der Waals surface area contributed by atoms with Crippen molar-refractivity contribution in [2.45, 2.75) is 0 Å². The summed E-state index contributed by atoms with van der Waals surface area (Å²) in [7, 11) is 0. The van der Waals surface area contributed by atoms with Crippen LogP contribution in [-0.4, -0.2) is 16.1 Å². The Bertz CT molecular complexity index is 1010. The van der Waals surface area contributed by atoms with E-state index in [9.17, 15) is 9.18 Å². The van der Waals surface area contributed by atoms with Crippen molar-refractivity contribution in [1.29, 1.82) is 0 Å². The molecular weight excluding hydrogens is 349 g/mol. The van der Waals surface area contributed by atoms with Crippen molar-refractivity contribution in [3.05, 3.63) is 83.1 Å². The highest BCUT2D eigenvalue weighted by atomic mass is 32.2. The van der Waals surface area contributed by atoms with Gasteiger partial charge in [-0.05, 0) is 59.8 Å². The summed E-state index contributed by atoms with van der Waals surface area (Å²) in [5, 5.41) is 3.20. The zero-order valence-corrected chi connectivity index (χ0v) is 14.4. The van der Waals surface area contributed by atoms with Crippen LogP contribution in [0.4, 0.5) is 10.1 Å². The summed E-state index contributed by atoms with van der Waals surface area (Å²) in [5.74, 6) is -0.523. The monoisotopic (exact) mass is 363 g/mol.